The van der Waals surface area contributed by atoms with Crippen molar-refractivity contribution in [1.82, 2.24) is 9.38 Å². The molecule has 4 aromatic rings. The first kappa shape index (κ1) is 25.0. The number of esters is 1. The number of para-hydroxylation sites is 2. The Hall–Kier alpha value is -4.08. The Morgan fingerprint density at radius 1 is 1.00 bits per heavy atom. The third-order valence-electron chi connectivity index (χ3n) is 5.16. The van der Waals surface area contributed by atoms with Crippen LogP contribution in [0.4, 0.5) is 11.4 Å². The number of hydrogen-bond acceptors (Lipinski definition) is 6. The van der Waals surface area contributed by atoms with Crippen LogP contribution >= 0.6 is 23.2 Å². The van der Waals surface area contributed by atoms with Gasteiger partial charge in [-0.2, -0.15) is 0 Å². The largest absolute Gasteiger partial charge is 0.495 e. The molecule has 2 N–H and O–H groups in total. The van der Waals surface area contributed by atoms with Crippen molar-refractivity contribution < 1.29 is 23.9 Å². The molecule has 1 unspecified atom stereocenters. The monoisotopic (exact) mass is 526 g/mol. The fourth-order valence-corrected chi connectivity index (χ4v) is 3.74. The number of pyridine rings is 1. The molecule has 0 saturated carbocycles. The van der Waals surface area contributed by atoms with Crippen molar-refractivity contribution in [1.29, 1.82) is 0 Å². The number of hydrogen-bond donors (Lipinski definition) is 2. The molecular formula is C25H20Cl2N4O5. The summed E-state index contributed by atoms with van der Waals surface area (Å²) in [6.07, 6.45) is 0.392. The fraction of sp³-hybridized carbons (Fsp3) is 0.120. The predicted octanol–water partition coefficient (Wildman–Crippen LogP) is 5.09. The number of methoxy groups -OCH3 is 1. The molecule has 0 saturated heterocycles. The number of carbonyl (C=O) groups is 3. The van der Waals surface area contributed by atoms with Gasteiger partial charge in [-0.15, -0.1) is 0 Å². The summed E-state index contributed by atoms with van der Waals surface area (Å²) in [6, 6.07) is 16.4. The summed E-state index contributed by atoms with van der Waals surface area (Å²) in [6.45, 7) is 1.43. The van der Waals surface area contributed by atoms with Crippen LogP contribution in [-0.2, 0) is 9.53 Å². The van der Waals surface area contributed by atoms with Crippen LogP contribution in [0, 0.1) is 0 Å². The van der Waals surface area contributed by atoms with Gasteiger partial charge in [0.2, 0.25) is 0 Å². The second kappa shape index (κ2) is 10.7. The lowest BCUT2D eigenvalue weighted by Gasteiger charge is -2.14. The van der Waals surface area contributed by atoms with Gasteiger partial charge in [-0.3, -0.25) is 14.0 Å². The van der Waals surface area contributed by atoms with Gasteiger partial charge in [0.1, 0.15) is 11.4 Å². The molecule has 36 heavy (non-hydrogen) atoms. The summed E-state index contributed by atoms with van der Waals surface area (Å²) in [4.78, 5) is 41.9. The standard InChI is InChI=1S/C25H20Cl2N4O5/c1-14(36-25(34)21-22(27)30-20-13-16(26)11-12-31(20)21)23(32)28-17-9-7-15(8-10-17)24(33)29-18-5-3-4-6-19(18)35-2/h3-14H,1-2H3,(H,28,32)(H,29,33). The number of nitrogens with one attached hydrogen (secondary N) is 2. The van der Waals surface area contributed by atoms with E-state index in [0.29, 0.717) is 33.4 Å². The van der Waals surface area contributed by atoms with Gasteiger partial charge in [-0.25, -0.2) is 9.78 Å². The van der Waals surface area contributed by atoms with Gasteiger partial charge in [-0.1, -0.05) is 35.3 Å². The molecule has 2 aromatic carbocycles. The molecule has 0 aliphatic heterocycles. The van der Waals surface area contributed by atoms with Crippen LogP contribution < -0.4 is 15.4 Å². The lowest BCUT2D eigenvalue weighted by atomic mass is 10.2. The summed E-state index contributed by atoms with van der Waals surface area (Å²) in [5.74, 6) is -1.19. The minimum atomic E-state index is -1.14. The van der Waals surface area contributed by atoms with Gasteiger partial charge in [0.05, 0.1) is 12.8 Å². The molecule has 2 heterocycles. The Kier molecular flexibility index (Phi) is 7.42. The smallest absolute Gasteiger partial charge is 0.359 e. The van der Waals surface area contributed by atoms with E-state index in [2.05, 4.69) is 15.6 Å². The highest BCUT2D eigenvalue weighted by atomic mass is 35.5. The van der Waals surface area contributed by atoms with E-state index in [1.165, 1.54) is 24.6 Å². The van der Waals surface area contributed by atoms with Crippen LogP contribution in [0.2, 0.25) is 10.2 Å². The Morgan fingerprint density at radius 3 is 2.44 bits per heavy atom. The Bertz CT molecular complexity index is 1450. The Labute approximate surface area is 215 Å². The molecular weight excluding hydrogens is 507 g/mol. The molecule has 0 fully saturated rings. The van der Waals surface area contributed by atoms with Gasteiger partial charge in [0.25, 0.3) is 11.8 Å². The van der Waals surface area contributed by atoms with E-state index in [1.54, 1.807) is 60.7 Å². The number of halogens is 2. The lowest BCUT2D eigenvalue weighted by Crippen LogP contribution is -2.30. The maximum Gasteiger partial charge on any atom is 0.359 e. The van der Waals surface area contributed by atoms with Crippen LogP contribution in [0.5, 0.6) is 5.75 Å². The maximum atomic E-state index is 12.7. The molecule has 0 aliphatic rings. The minimum absolute atomic E-state index is 0.0200. The zero-order chi connectivity index (χ0) is 25.8. The number of ether oxygens (including phenoxy) is 2. The summed E-state index contributed by atoms with van der Waals surface area (Å²) in [5, 5.41) is 5.78. The van der Waals surface area contributed by atoms with Gasteiger partial charge in [-0.05, 0) is 49.4 Å². The fourth-order valence-electron chi connectivity index (χ4n) is 3.33. The normalized spacial score (nSPS) is 11.6. The molecule has 184 valence electrons. The molecule has 0 bridgehead atoms. The topological polar surface area (TPSA) is 111 Å². The van der Waals surface area contributed by atoms with Gasteiger partial charge >= 0.3 is 5.97 Å². The number of amides is 2. The van der Waals surface area contributed by atoms with Gasteiger partial charge < -0.3 is 20.1 Å². The van der Waals surface area contributed by atoms with Crippen LogP contribution in [0.25, 0.3) is 5.65 Å². The zero-order valence-electron chi connectivity index (χ0n) is 19.1. The van der Waals surface area contributed by atoms with E-state index in [1.807, 2.05) is 0 Å². The second-order valence-electron chi connectivity index (χ2n) is 7.59. The van der Waals surface area contributed by atoms with Crippen molar-refractivity contribution in [3.05, 3.63) is 88.3 Å². The van der Waals surface area contributed by atoms with E-state index in [0.717, 1.165) is 0 Å². The van der Waals surface area contributed by atoms with Crippen LogP contribution in [0.15, 0.2) is 66.9 Å². The predicted molar refractivity (Wildman–Crippen MR) is 136 cm³/mol. The Morgan fingerprint density at radius 2 is 1.72 bits per heavy atom. The first-order chi connectivity index (χ1) is 17.3. The van der Waals surface area contributed by atoms with Crippen LogP contribution in [0.1, 0.15) is 27.8 Å². The highest BCUT2D eigenvalue weighted by Gasteiger charge is 2.25. The van der Waals surface area contributed by atoms with E-state index in [-0.39, 0.29) is 16.8 Å². The number of rotatable bonds is 7. The van der Waals surface area contributed by atoms with Crippen molar-refractivity contribution in [3.8, 4) is 5.75 Å². The van der Waals surface area contributed by atoms with Crippen molar-refractivity contribution in [2.24, 2.45) is 0 Å². The third kappa shape index (κ3) is 5.42. The summed E-state index contributed by atoms with van der Waals surface area (Å²) < 4.78 is 12.0. The molecule has 0 radical (unpaired) electrons. The number of nitrogens with zero attached hydrogens (tertiary/aromatic N) is 2. The number of imidazole rings is 1. The van der Waals surface area contributed by atoms with E-state index in [9.17, 15) is 14.4 Å². The van der Waals surface area contributed by atoms with Crippen LogP contribution in [0.3, 0.4) is 0 Å². The summed E-state index contributed by atoms with van der Waals surface area (Å²) in [5.41, 5.74) is 1.67. The molecule has 11 heteroatoms. The summed E-state index contributed by atoms with van der Waals surface area (Å²) >= 11 is 12.0. The number of carbonyl (C=O) groups excluding carboxylic acids is 3. The number of aromatic nitrogens is 2. The average Bonchev–Trinajstić information content (AvgIpc) is 3.19. The molecule has 9 nitrogen and oxygen atoms in total. The molecule has 2 amide bonds. The molecule has 4 rings (SSSR count). The molecule has 0 aliphatic carbocycles. The average molecular weight is 527 g/mol. The van der Waals surface area contributed by atoms with Crippen molar-refractivity contribution >= 4 is 58.0 Å². The lowest BCUT2D eigenvalue weighted by molar-refractivity contribution is -0.123. The SMILES string of the molecule is COc1ccccc1NC(=O)c1ccc(NC(=O)C(C)OC(=O)c2c(Cl)nc3cc(Cl)ccn23)cc1. The maximum absolute atomic E-state index is 12.7. The van der Waals surface area contributed by atoms with Gasteiger partial charge in [0, 0.05) is 28.5 Å². The van der Waals surface area contributed by atoms with E-state index < -0.39 is 18.0 Å². The van der Waals surface area contributed by atoms with Crippen molar-refractivity contribution in [2.45, 2.75) is 13.0 Å². The van der Waals surface area contributed by atoms with E-state index >= 15 is 0 Å². The van der Waals surface area contributed by atoms with E-state index in [4.69, 9.17) is 32.7 Å². The number of benzene rings is 2. The molecule has 1 atom stereocenters. The highest BCUT2D eigenvalue weighted by Crippen LogP contribution is 2.24. The number of fused-ring (bicyclic) bond motifs is 1. The zero-order valence-corrected chi connectivity index (χ0v) is 20.6. The summed E-state index contributed by atoms with van der Waals surface area (Å²) in [7, 11) is 1.52. The third-order valence-corrected chi connectivity index (χ3v) is 5.66. The Balaban J connectivity index is 1.38. The first-order valence-corrected chi connectivity index (χ1v) is 11.4. The number of anilines is 2. The second-order valence-corrected chi connectivity index (χ2v) is 8.39. The van der Waals surface area contributed by atoms with Gasteiger partial charge in [0.15, 0.2) is 17.0 Å². The highest BCUT2D eigenvalue weighted by molar-refractivity contribution is 6.33. The first-order valence-electron chi connectivity index (χ1n) is 10.7. The van der Waals surface area contributed by atoms with Crippen molar-refractivity contribution in [3.63, 3.8) is 0 Å². The minimum Gasteiger partial charge on any atom is -0.495 e. The molecule has 2 aromatic heterocycles. The quantitative estimate of drug-likeness (QED) is 0.324. The molecule has 0 spiro atoms. The van der Waals surface area contributed by atoms with Crippen LogP contribution in [-0.4, -0.2) is 40.4 Å². The van der Waals surface area contributed by atoms with Crippen molar-refractivity contribution in [2.75, 3.05) is 17.7 Å².